The number of hydrogen-bond donors (Lipinski definition) is 2. The lowest BCUT2D eigenvalue weighted by atomic mass is 9.68. The number of carboxylic acids is 1. The minimum absolute atomic E-state index is 0.0387. The van der Waals surface area contributed by atoms with Gasteiger partial charge in [-0.1, -0.05) is 23.7 Å². The molecule has 7 unspecified atom stereocenters. The van der Waals surface area contributed by atoms with Crippen LogP contribution in [0.25, 0.3) is 0 Å². The van der Waals surface area contributed by atoms with Crippen molar-refractivity contribution in [1.82, 2.24) is 9.88 Å². The zero-order valence-electron chi connectivity index (χ0n) is 16.7. The predicted octanol–water partition coefficient (Wildman–Crippen LogP) is 4.41. The van der Waals surface area contributed by atoms with E-state index in [4.69, 9.17) is 28.9 Å². The van der Waals surface area contributed by atoms with Crippen LogP contribution < -0.4 is 0 Å². The molecule has 4 aliphatic rings. The van der Waals surface area contributed by atoms with Crippen molar-refractivity contribution in [3.8, 4) is 0 Å². The molecule has 0 spiro atoms. The second kappa shape index (κ2) is 7.41. The fourth-order valence-electron chi connectivity index (χ4n) is 6.55. The third-order valence-corrected chi connectivity index (χ3v) is 10.8. The summed E-state index contributed by atoms with van der Waals surface area (Å²) in [5, 5.41) is 11.0. The van der Waals surface area contributed by atoms with Gasteiger partial charge in [-0.2, -0.15) is 0 Å². The Labute approximate surface area is 202 Å². The van der Waals surface area contributed by atoms with Crippen molar-refractivity contribution in [2.24, 2.45) is 29.6 Å². The Morgan fingerprint density at radius 2 is 1.88 bits per heavy atom. The quantitative estimate of drug-likeness (QED) is 0.471. The molecule has 2 aliphatic heterocycles. The van der Waals surface area contributed by atoms with Gasteiger partial charge in [0.25, 0.3) is 0 Å². The summed E-state index contributed by atoms with van der Waals surface area (Å²) in [4.78, 5) is 43.3. The number of thioether (sulfide) groups is 1. The number of carbonyl (C=O) groups is 3. The van der Waals surface area contributed by atoms with Gasteiger partial charge in [0.05, 0.1) is 23.3 Å². The summed E-state index contributed by atoms with van der Waals surface area (Å²) in [6.07, 6.45) is 0.650. The van der Waals surface area contributed by atoms with E-state index < -0.39 is 5.97 Å². The van der Waals surface area contributed by atoms with Gasteiger partial charge in [-0.05, 0) is 54.1 Å². The molecule has 3 fully saturated rings. The highest BCUT2D eigenvalue weighted by Gasteiger charge is 2.69. The number of imide groups is 1. The van der Waals surface area contributed by atoms with Gasteiger partial charge in [0.2, 0.25) is 11.8 Å². The minimum Gasteiger partial charge on any atom is -0.481 e. The normalized spacial score (nSPS) is 34.5. The lowest BCUT2D eigenvalue weighted by molar-refractivity contribution is -0.142. The average Bonchev–Trinajstić information content (AvgIpc) is 3.47. The Morgan fingerprint density at radius 1 is 1.19 bits per heavy atom. The molecule has 1 saturated heterocycles. The summed E-state index contributed by atoms with van der Waals surface area (Å²) < 4.78 is 0.737. The number of nitrogens with zero attached hydrogens (tertiary/aromatic N) is 1. The Hall–Kier alpha value is -1.68. The van der Waals surface area contributed by atoms with Crippen molar-refractivity contribution in [2.45, 2.75) is 29.0 Å². The van der Waals surface area contributed by atoms with Crippen molar-refractivity contribution >= 4 is 64.7 Å². The van der Waals surface area contributed by atoms with E-state index in [1.165, 1.54) is 9.78 Å². The van der Waals surface area contributed by atoms with Crippen LogP contribution in [0.3, 0.4) is 0 Å². The first-order chi connectivity index (χ1) is 15.3. The van der Waals surface area contributed by atoms with E-state index in [1.54, 1.807) is 23.1 Å². The maximum absolute atomic E-state index is 13.3. The molecule has 3 heterocycles. The van der Waals surface area contributed by atoms with E-state index in [0.29, 0.717) is 5.02 Å². The molecule has 2 N–H and O–H groups in total. The Bertz CT molecular complexity index is 1210. The lowest BCUT2D eigenvalue weighted by Gasteiger charge is -2.43. The van der Waals surface area contributed by atoms with Crippen LogP contribution in [0.4, 0.5) is 0 Å². The molecule has 1 aromatic heterocycles. The number of aliphatic carboxylic acids is 1. The van der Waals surface area contributed by atoms with E-state index in [0.717, 1.165) is 21.0 Å². The summed E-state index contributed by atoms with van der Waals surface area (Å²) >= 11 is 15.0. The number of halogens is 1. The third kappa shape index (κ3) is 2.90. The van der Waals surface area contributed by atoms with Crippen LogP contribution in [0.2, 0.25) is 5.02 Å². The number of amides is 2. The van der Waals surface area contributed by atoms with E-state index in [2.05, 4.69) is 17.1 Å². The van der Waals surface area contributed by atoms with Crippen molar-refractivity contribution in [3.63, 3.8) is 0 Å². The highest BCUT2D eigenvalue weighted by molar-refractivity contribution is 8.00. The Morgan fingerprint density at radius 3 is 2.56 bits per heavy atom. The number of H-pyrrole nitrogens is 1. The highest BCUT2D eigenvalue weighted by atomic mass is 35.5. The second-order valence-electron chi connectivity index (χ2n) is 8.98. The summed E-state index contributed by atoms with van der Waals surface area (Å²) in [5.41, 5.74) is 1.15. The molecule has 0 radical (unpaired) electrons. The molecule has 2 aromatic rings. The number of carbonyl (C=O) groups excluding carboxylic acids is 2. The summed E-state index contributed by atoms with van der Waals surface area (Å²) in [6.45, 7) is -0.0387. The molecule has 2 saturated carbocycles. The standard InChI is InChI=1S/C22H19ClN2O4S3/c23-9-3-1-8(2-4-9)13-14-10-7-11(17(14)31-19-18(13)32-22(30)24-19)16-15(10)20(28)25(21(16)29)6-5-12(26)27/h1-4,10-11,13-17H,5-7H2,(H,24,30)(H,26,27). The van der Waals surface area contributed by atoms with E-state index >= 15 is 0 Å². The van der Waals surface area contributed by atoms with E-state index in [-0.39, 0.29) is 65.5 Å². The zero-order valence-corrected chi connectivity index (χ0v) is 19.9. The highest BCUT2D eigenvalue weighted by Crippen LogP contribution is 2.68. The molecule has 166 valence electrons. The lowest BCUT2D eigenvalue weighted by Crippen LogP contribution is -2.42. The first-order valence-corrected chi connectivity index (χ1v) is 13.1. The third-order valence-electron chi connectivity index (χ3n) is 7.59. The largest absolute Gasteiger partial charge is 0.481 e. The number of benzene rings is 1. The van der Waals surface area contributed by atoms with Crippen molar-refractivity contribution < 1.29 is 19.5 Å². The van der Waals surface area contributed by atoms with Gasteiger partial charge < -0.3 is 10.1 Å². The molecule has 32 heavy (non-hydrogen) atoms. The first-order valence-electron chi connectivity index (χ1n) is 10.6. The molecule has 7 atom stereocenters. The number of hydrogen-bond acceptors (Lipinski definition) is 6. The molecule has 6 rings (SSSR count). The van der Waals surface area contributed by atoms with Crippen LogP contribution in [0, 0.1) is 33.5 Å². The number of rotatable bonds is 4. The van der Waals surface area contributed by atoms with E-state index in [1.807, 2.05) is 12.1 Å². The minimum atomic E-state index is -1.00. The Balaban J connectivity index is 1.41. The van der Waals surface area contributed by atoms with Crippen LogP contribution in [-0.2, 0) is 14.4 Å². The molecule has 2 amide bonds. The number of likely N-dealkylation sites (tertiary alicyclic amines) is 1. The predicted molar refractivity (Wildman–Crippen MR) is 123 cm³/mol. The summed E-state index contributed by atoms with van der Waals surface area (Å²) in [6, 6.07) is 7.90. The summed E-state index contributed by atoms with van der Waals surface area (Å²) in [5.74, 6) is -1.52. The zero-order chi connectivity index (χ0) is 22.3. The van der Waals surface area contributed by atoms with Gasteiger partial charge >= 0.3 is 5.97 Å². The Kier molecular flexibility index (Phi) is 4.84. The molecule has 1 aromatic carbocycles. The molecular weight excluding hydrogens is 488 g/mol. The van der Waals surface area contributed by atoms with Gasteiger partial charge in [-0.15, -0.1) is 23.1 Å². The topological polar surface area (TPSA) is 90.5 Å². The molecule has 10 heteroatoms. The SMILES string of the molecule is O=C(O)CCN1C(=O)C2C3CC(C2C1=O)C1C(c2ccc(Cl)cc2)c2sc(=S)[nH]c2SC31. The number of carboxylic acid groups (broad SMARTS) is 1. The monoisotopic (exact) mass is 506 g/mol. The van der Waals surface area contributed by atoms with E-state index in [9.17, 15) is 14.4 Å². The first kappa shape index (κ1) is 20.9. The van der Waals surface area contributed by atoms with Crippen LogP contribution in [-0.4, -0.2) is 44.6 Å². The molecule has 2 aliphatic carbocycles. The maximum atomic E-state index is 13.3. The van der Waals surface area contributed by atoms with Gasteiger partial charge in [-0.25, -0.2) is 0 Å². The fraction of sp³-hybridized carbons (Fsp3) is 0.455. The number of aromatic nitrogens is 1. The molecular formula is C22H19ClN2O4S3. The van der Waals surface area contributed by atoms with Gasteiger partial charge in [0.15, 0.2) is 3.95 Å². The van der Waals surface area contributed by atoms with Gasteiger partial charge in [-0.3, -0.25) is 19.3 Å². The second-order valence-corrected chi connectivity index (χ2v) is 12.3. The smallest absolute Gasteiger partial charge is 0.305 e. The van der Waals surface area contributed by atoms with Crippen LogP contribution in [0.15, 0.2) is 29.3 Å². The molecule has 6 nitrogen and oxygen atoms in total. The van der Waals surface area contributed by atoms with Crippen LogP contribution >= 0.6 is 46.9 Å². The van der Waals surface area contributed by atoms with Crippen LogP contribution in [0.1, 0.15) is 29.2 Å². The van der Waals surface area contributed by atoms with Gasteiger partial charge in [0.1, 0.15) is 0 Å². The number of nitrogens with one attached hydrogen (secondary N) is 1. The average molecular weight is 507 g/mol. The number of thiazole rings is 1. The van der Waals surface area contributed by atoms with Crippen LogP contribution in [0.5, 0.6) is 0 Å². The van der Waals surface area contributed by atoms with Crippen molar-refractivity contribution in [2.75, 3.05) is 6.54 Å². The van der Waals surface area contributed by atoms with Gasteiger partial charge in [0, 0.05) is 27.6 Å². The number of fused-ring (bicyclic) bond motifs is 9. The van der Waals surface area contributed by atoms with Crippen molar-refractivity contribution in [1.29, 1.82) is 0 Å². The maximum Gasteiger partial charge on any atom is 0.305 e. The summed E-state index contributed by atoms with van der Waals surface area (Å²) in [7, 11) is 0. The molecule has 2 bridgehead atoms. The fourth-order valence-corrected chi connectivity index (χ4v) is 10.0. The number of aromatic amines is 1. The van der Waals surface area contributed by atoms with Crippen molar-refractivity contribution in [3.05, 3.63) is 43.7 Å².